The van der Waals surface area contributed by atoms with E-state index in [4.69, 9.17) is 9.47 Å². The molecule has 0 fully saturated rings. The largest absolute Gasteiger partial charge is 0.512 e. The zero-order chi connectivity index (χ0) is 37.2. The molecule has 0 bridgehead atoms. The van der Waals surface area contributed by atoms with Crippen molar-refractivity contribution in [2.75, 3.05) is 28.7 Å². The van der Waals surface area contributed by atoms with Gasteiger partial charge in [0, 0.05) is 24.7 Å². The van der Waals surface area contributed by atoms with Gasteiger partial charge in [-0.1, -0.05) is 46.9 Å². The third kappa shape index (κ3) is 7.38. The molecule has 274 valence electrons. The lowest BCUT2D eigenvalue weighted by Crippen LogP contribution is -2.32. The number of benzene rings is 3. The molecule has 54 heavy (non-hydrogen) atoms. The Hall–Kier alpha value is -6.13. The number of thiazole rings is 2. The van der Waals surface area contributed by atoms with Crippen molar-refractivity contribution in [2.24, 2.45) is 0 Å². The third-order valence-corrected chi connectivity index (χ3v) is 10.9. The molecule has 8 rings (SSSR count). The lowest BCUT2D eigenvalue weighted by molar-refractivity contribution is 0.102. The molecule has 7 aromatic rings. The molecule has 5 heterocycles. The number of ether oxygens (including phenoxy) is 2. The van der Waals surface area contributed by atoms with E-state index in [1.54, 1.807) is 10.9 Å². The van der Waals surface area contributed by atoms with Crippen molar-refractivity contribution in [2.45, 2.75) is 45.7 Å². The molecule has 3 aromatic carbocycles. The van der Waals surface area contributed by atoms with E-state index in [2.05, 4.69) is 54.4 Å². The van der Waals surface area contributed by atoms with Crippen molar-refractivity contribution in [3.63, 3.8) is 0 Å². The number of para-hydroxylation sites is 1. The lowest BCUT2D eigenvalue weighted by atomic mass is 9.94. The quantitative estimate of drug-likeness (QED) is 0.0825. The standard InChI is InChI=1S/C38H35N9O5S2/c1-22(2)42-32-27-19-41-47(33(27)40-21-39-32)24-12-14-25(15-13-24)51-18-6-11-31-35(52-38(49)50)45-37(54-31)46-17-16-23-7-5-8-26(28(23)20-46)34(48)44-36-43-29-9-3-4-10-30(29)53-36/h3-5,7-10,12-15,19,21-22H,6,11,16-18,20H2,1-2H3,(H,49,50)(H,39,40,42)(H,43,44,48). The maximum atomic E-state index is 13.5. The van der Waals surface area contributed by atoms with E-state index in [9.17, 15) is 14.7 Å². The number of nitrogens with one attached hydrogen (secondary N) is 2. The fourth-order valence-electron chi connectivity index (χ4n) is 6.36. The van der Waals surface area contributed by atoms with Crippen LogP contribution in [-0.2, 0) is 19.4 Å². The second-order valence-electron chi connectivity index (χ2n) is 12.9. The normalized spacial score (nSPS) is 12.6. The minimum absolute atomic E-state index is 0.0709. The van der Waals surface area contributed by atoms with Crippen LogP contribution in [0.5, 0.6) is 11.6 Å². The van der Waals surface area contributed by atoms with Crippen LogP contribution >= 0.6 is 22.7 Å². The van der Waals surface area contributed by atoms with Gasteiger partial charge >= 0.3 is 6.16 Å². The third-order valence-electron chi connectivity index (χ3n) is 8.83. The van der Waals surface area contributed by atoms with Gasteiger partial charge in [0.1, 0.15) is 17.9 Å². The number of carbonyl (C=O) groups excluding carboxylic acids is 1. The highest BCUT2D eigenvalue weighted by atomic mass is 32.1. The number of carbonyl (C=O) groups is 2. The number of rotatable bonds is 12. The van der Waals surface area contributed by atoms with Gasteiger partial charge in [-0.25, -0.2) is 24.4 Å². The molecule has 3 N–H and O–H groups in total. The predicted molar refractivity (Wildman–Crippen MR) is 209 cm³/mol. The van der Waals surface area contributed by atoms with Crippen LogP contribution in [0.4, 0.5) is 20.9 Å². The van der Waals surface area contributed by atoms with Gasteiger partial charge in [0.25, 0.3) is 5.91 Å². The molecule has 0 radical (unpaired) electrons. The lowest BCUT2D eigenvalue weighted by Gasteiger charge is -2.29. The minimum Gasteiger partial charge on any atom is -0.494 e. The first-order valence-corrected chi connectivity index (χ1v) is 19.0. The number of anilines is 3. The van der Waals surface area contributed by atoms with Crippen molar-refractivity contribution < 1.29 is 24.2 Å². The molecular weight excluding hydrogens is 727 g/mol. The first kappa shape index (κ1) is 34.9. The van der Waals surface area contributed by atoms with Gasteiger partial charge in [-0.3, -0.25) is 10.1 Å². The molecule has 0 saturated heterocycles. The molecule has 16 heteroatoms. The highest BCUT2D eigenvalue weighted by Crippen LogP contribution is 2.36. The Labute approximate surface area is 317 Å². The van der Waals surface area contributed by atoms with Gasteiger partial charge in [-0.15, -0.1) is 0 Å². The summed E-state index contributed by atoms with van der Waals surface area (Å²) in [5, 5.41) is 22.3. The van der Waals surface area contributed by atoms with Crippen LogP contribution < -0.4 is 25.0 Å². The number of carboxylic acid groups (broad SMARTS) is 1. The Morgan fingerprint density at radius 3 is 2.67 bits per heavy atom. The Morgan fingerprint density at radius 2 is 1.85 bits per heavy atom. The number of aromatic nitrogens is 6. The average Bonchev–Trinajstić information content (AvgIpc) is 3.90. The van der Waals surface area contributed by atoms with E-state index in [0.717, 1.165) is 38.2 Å². The van der Waals surface area contributed by atoms with Crippen LogP contribution in [0, 0.1) is 0 Å². The van der Waals surface area contributed by atoms with Crippen LogP contribution in [0.1, 0.15) is 46.6 Å². The van der Waals surface area contributed by atoms with E-state index < -0.39 is 6.16 Å². The van der Waals surface area contributed by atoms with Gasteiger partial charge in [0.15, 0.2) is 15.9 Å². The van der Waals surface area contributed by atoms with E-state index in [0.29, 0.717) is 71.1 Å². The summed E-state index contributed by atoms with van der Waals surface area (Å²) in [6.07, 6.45) is 3.66. The molecule has 0 spiro atoms. The zero-order valence-electron chi connectivity index (χ0n) is 29.4. The molecular formula is C38H35N9O5S2. The number of nitrogens with zero attached hydrogens (tertiary/aromatic N) is 7. The fraction of sp³-hybridized carbons (Fsp3) is 0.237. The van der Waals surface area contributed by atoms with Crippen LogP contribution in [0.2, 0.25) is 0 Å². The Balaban J connectivity index is 0.914. The summed E-state index contributed by atoms with van der Waals surface area (Å²) in [5.41, 5.74) is 4.93. The van der Waals surface area contributed by atoms with Crippen LogP contribution in [0.25, 0.3) is 26.9 Å². The molecule has 0 atom stereocenters. The Morgan fingerprint density at radius 1 is 1.00 bits per heavy atom. The minimum atomic E-state index is -1.42. The van der Waals surface area contributed by atoms with Crippen molar-refractivity contribution in [1.82, 2.24) is 29.7 Å². The Kier molecular flexibility index (Phi) is 9.75. The molecule has 14 nitrogen and oxygen atoms in total. The van der Waals surface area contributed by atoms with Crippen molar-refractivity contribution in [1.29, 1.82) is 0 Å². The number of fused-ring (bicyclic) bond motifs is 3. The monoisotopic (exact) mass is 761 g/mol. The maximum Gasteiger partial charge on any atom is 0.512 e. The van der Waals surface area contributed by atoms with Crippen molar-refractivity contribution in [3.8, 4) is 17.3 Å². The summed E-state index contributed by atoms with van der Waals surface area (Å²) in [6.45, 7) is 5.59. The van der Waals surface area contributed by atoms with Gasteiger partial charge in [-0.05, 0) is 86.7 Å². The smallest absolute Gasteiger partial charge is 0.494 e. The summed E-state index contributed by atoms with van der Waals surface area (Å²) in [5.74, 6) is 1.27. The van der Waals surface area contributed by atoms with E-state index >= 15 is 0 Å². The molecule has 0 saturated carbocycles. The topological polar surface area (TPSA) is 170 Å². The molecule has 1 amide bonds. The highest BCUT2D eigenvalue weighted by molar-refractivity contribution is 7.22. The first-order valence-electron chi connectivity index (χ1n) is 17.4. The highest BCUT2D eigenvalue weighted by Gasteiger charge is 2.26. The van der Waals surface area contributed by atoms with Crippen LogP contribution in [-0.4, -0.2) is 66.1 Å². The summed E-state index contributed by atoms with van der Waals surface area (Å²) < 4.78 is 13.9. The number of hydrogen-bond donors (Lipinski definition) is 3. The fourth-order valence-corrected chi connectivity index (χ4v) is 8.27. The number of hydrogen-bond acceptors (Lipinski definition) is 13. The van der Waals surface area contributed by atoms with Crippen LogP contribution in [0.3, 0.4) is 0 Å². The summed E-state index contributed by atoms with van der Waals surface area (Å²) in [7, 11) is 0. The molecule has 1 aliphatic heterocycles. The van der Waals surface area contributed by atoms with Crippen LogP contribution in [0.15, 0.2) is 79.3 Å². The SMILES string of the molecule is CC(C)Nc1ncnc2c1cnn2-c1ccc(OCCCc2sc(N3CCc4cccc(C(=O)Nc5nc6ccccc6s5)c4C3)nc2OC(=O)O)cc1. The zero-order valence-corrected chi connectivity index (χ0v) is 31.0. The van der Waals surface area contributed by atoms with Gasteiger partial charge < -0.3 is 24.8 Å². The van der Waals surface area contributed by atoms with Gasteiger partial charge in [0.05, 0.1) is 39.0 Å². The van der Waals surface area contributed by atoms with Gasteiger partial charge in [0.2, 0.25) is 5.88 Å². The van der Waals surface area contributed by atoms with Gasteiger partial charge in [-0.2, -0.15) is 10.1 Å². The average molecular weight is 762 g/mol. The molecule has 1 aliphatic rings. The van der Waals surface area contributed by atoms with E-state index in [-0.39, 0.29) is 17.8 Å². The second-order valence-corrected chi connectivity index (χ2v) is 15.0. The predicted octanol–water partition coefficient (Wildman–Crippen LogP) is 7.59. The summed E-state index contributed by atoms with van der Waals surface area (Å²) >= 11 is 2.82. The molecule has 0 aliphatic carbocycles. The molecule has 4 aromatic heterocycles. The summed E-state index contributed by atoms with van der Waals surface area (Å²) in [6, 6.07) is 21.3. The number of amides is 1. The first-order chi connectivity index (χ1) is 26.3. The second kappa shape index (κ2) is 15.1. The summed E-state index contributed by atoms with van der Waals surface area (Å²) in [4.78, 5) is 45.8. The molecule has 0 unspecified atom stereocenters. The van der Waals surface area contributed by atoms with Crippen molar-refractivity contribution in [3.05, 3.63) is 101 Å². The maximum absolute atomic E-state index is 13.5. The van der Waals surface area contributed by atoms with E-state index in [1.807, 2.05) is 66.7 Å². The Bertz CT molecular complexity index is 2440. The van der Waals surface area contributed by atoms with E-state index in [1.165, 1.54) is 29.0 Å². The number of aryl methyl sites for hydroxylation is 1. The van der Waals surface area contributed by atoms with Crippen molar-refractivity contribution >= 4 is 72.1 Å².